The van der Waals surface area contributed by atoms with Crippen molar-refractivity contribution < 1.29 is 39.4 Å². The molecule has 0 fully saturated rings. The Labute approximate surface area is 193 Å². The molecule has 0 aromatic heterocycles. The molecule has 190 valence electrons. The molecule has 0 aromatic carbocycles. The first-order valence-corrected chi connectivity index (χ1v) is 17.8. The van der Waals surface area contributed by atoms with Gasteiger partial charge in [-0.15, -0.1) is 0 Å². The summed E-state index contributed by atoms with van der Waals surface area (Å²) >= 11 is 0. The molecule has 1 heterocycles. The van der Waals surface area contributed by atoms with Crippen LogP contribution >= 0.6 is 0 Å². The van der Waals surface area contributed by atoms with Crippen LogP contribution < -0.4 is 0 Å². The zero-order chi connectivity index (χ0) is 25.6. The Morgan fingerprint density at radius 3 is 1.81 bits per heavy atom. The molecule has 0 bridgehead atoms. The maximum atomic E-state index is 12.9. The van der Waals surface area contributed by atoms with Crippen LogP contribution in [0.3, 0.4) is 0 Å². The molecule has 12 heteroatoms. The normalized spacial score (nSPS) is 23.9. The first kappa shape index (κ1) is 29.6. The van der Waals surface area contributed by atoms with Gasteiger partial charge < -0.3 is 17.8 Å². The van der Waals surface area contributed by atoms with E-state index in [0.29, 0.717) is 0 Å². The van der Waals surface area contributed by atoms with Crippen molar-refractivity contribution in [2.45, 2.75) is 102 Å². The van der Waals surface area contributed by atoms with Crippen molar-refractivity contribution in [1.82, 2.24) is 0 Å². The van der Waals surface area contributed by atoms with Gasteiger partial charge in [0.1, 0.15) is 17.5 Å². The lowest BCUT2D eigenvalue weighted by Gasteiger charge is -2.39. The fourth-order valence-corrected chi connectivity index (χ4v) is 4.88. The summed E-state index contributed by atoms with van der Waals surface area (Å²) in [6, 6.07) is 0. The summed E-state index contributed by atoms with van der Waals surface area (Å²) in [4.78, 5) is 0. The van der Waals surface area contributed by atoms with Crippen molar-refractivity contribution in [2.75, 3.05) is 13.2 Å². The van der Waals surface area contributed by atoms with E-state index in [2.05, 4.69) is 25.0 Å². The Morgan fingerprint density at radius 2 is 1.41 bits per heavy atom. The predicted molar refractivity (Wildman–Crippen MR) is 124 cm³/mol. The molecule has 0 aliphatic carbocycles. The minimum absolute atomic E-state index is 0.0546. The molecule has 0 N–H and O–H groups in total. The molecular formula is C20H39F3O6SSi2. The van der Waals surface area contributed by atoms with Crippen LogP contribution in [-0.2, 0) is 27.9 Å². The third-order valence-electron chi connectivity index (χ3n) is 6.59. The van der Waals surface area contributed by atoms with E-state index in [1.807, 2.05) is 47.0 Å². The number of ether oxygens (including phenoxy) is 1. The maximum Gasteiger partial charge on any atom is 0.534 e. The number of hydrogen-bond donors (Lipinski definition) is 0. The van der Waals surface area contributed by atoms with Crippen molar-refractivity contribution in [3.05, 3.63) is 11.8 Å². The van der Waals surface area contributed by atoms with Crippen molar-refractivity contribution in [3.63, 3.8) is 0 Å². The zero-order valence-electron chi connectivity index (χ0n) is 21.1. The smallest absolute Gasteiger partial charge is 0.414 e. The molecule has 0 amide bonds. The highest BCUT2D eigenvalue weighted by atomic mass is 32.2. The van der Waals surface area contributed by atoms with E-state index >= 15 is 0 Å². The fourth-order valence-electron chi connectivity index (χ4n) is 2.30. The van der Waals surface area contributed by atoms with E-state index in [-0.39, 0.29) is 23.3 Å². The average Bonchev–Trinajstić information content (AvgIpc) is 2.84. The Hall–Kier alpha value is -0.406. The zero-order valence-corrected chi connectivity index (χ0v) is 23.9. The standard InChI is InChI=1S/C20H39F3O6SSi2/c1-17(2,3)31(8,9)26-13-16-15(29-30(24,25)20(21,22)23)12-19(7,28-16)14-27-32(10,11)18(4,5)6/h12,16H,13-14H2,1-11H3/t16-,19-/m1/s1. The van der Waals surface area contributed by atoms with E-state index < -0.39 is 49.7 Å². The van der Waals surface area contributed by atoms with Crippen LogP contribution in [0.1, 0.15) is 48.5 Å². The van der Waals surface area contributed by atoms with Crippen LogP contribution in [0.25, 0.3) is 0 Å². The number of alkyl halides is 3. The van der Waals surface area contributed by atoms with Crippen LogP contribution in [-0.4, -0.2) is 55.5 Å². The second-order valence-electron chi connectivity index (χ2n) is 11.6. The van der Waals surface area contributed by atoms with Gasteiger partial charge in [-0.25, -0.2) is 0 Å². The molecule has 0 radical (unpaired) electrons. The Balaban J connectivity index is 3.17. The Kier molecular flexibility index (Phi) is 8.32. The summed E-state index contributed by atoms with van der Waals surface area (Å²) in [6.45, 7) is 21.9. The topological polar surface area (TPSA) is 71.1 Å². The maximum absolute atomic E-state index is 12.9. The first-order chi connectivity index (χ1) is 13.8. The average molecular weight is 521 g/mol. The minimum atomic E-state index is -5.84. The summed E-state index contributed by atoms with van der Waals surface area (Å²) in [5.74, 6) is -0.428. The number of hydrogen-bond acceptors (Lipinski definition) is 6. The third kappa shape index (κ3) is 7.05. The highest BCUT2D eigenvalue weighted by Crippen LogP contribution is 2.41. The molecule has 0 unspecified atom stereocenters. The Bertz CT molecular complexity index is 811. The lowest BCUT2D eigenvalue weighted by atomic mass is 10.1. The van der Waals surface area contributed by atoms with Crippen LogP contribution in [0.5, 0.6) is 0 Å². The molecule has 0 saturated heterocycles. The summed E-state index contributed by atoms with van der Waals surface area (Å²) in [7, 11) is -10.3. The summed E-state index contributed by atoms with van der Waals surface area (Å²) in [5, 5.41) is -0.237. The van der Waals surface area contributed by atoms with Gasteiger partial charge in [0.2, 0.25) is 0 Å². The van der Waals surface area contributed by atoms with Crippen LogP contribution in [0, 0.1) is 0 Å². The second kappa shape index (κ2) is 8.99. The van der Waals surface area contributed by atoms with Crippen LogP contribution in [0.15, 0.2) is 11.8 Å². The van der Waals surface area contributed by atoms with E-state index in [0.717, 1.165) is 0 Å². The molecular weight excluding hydrogens is 481 g/mol. The molecule has 1 rings (SSSR count). The second-order valence-corrected chi connectivity index (χ2v) is 22.7. The van der Waals surface area contributed by atoms with Gasteiger partial charge in [0.05, 0.1) is 13.2 Å². The van der Waals surface area contributed by atoms with E-state index in [4.69, 9.17) is 13.6 Å². The molecule has 0 aromatic rings. The number of halogens is 3. The molecule has 6 nitrogen and oxygen atoms in total. The first-order valence-electron chi connectivity index (χ1n) is 10.5. The number of rotatable bonds is 8. The Morgan fingerprint density at radius 1 is 0.969 bits per heavy atom. The largest absolute Gasteiger partial charge is 0.534 e. The van der Waals surface area contributed by atoms with Gasteiger partial charge in [-0.2, -0.15) is 21.6 Å². The predicted octanol–water partition coefficient (Wildman–Crippen LogP) is 5.94. The van der Waals surface area contributed by atoms with E-state index in [1.165, 1.54) is 6.08 Å². The third-order valence-corrected chi connectivity index (χ3v) is 16.6. The summed E-state index contributed by atoms with van der Waals surface area (Å²) in [6.07, 6.45) is 0.164. The van der Waals surface area contributed by atoms with Gasteiger partial charge in [-0.05, 0) is 49.3 Å². The lowest BCUT2D eigenvalue weighted by Crippen LogP contribution is -2.46. The quantitative estimate of drug-likeness (QED) is 0.224. The van der Waals surface area contributed by atoms with Gasteiger partial charge in [-0.3, -0.25) is 0 Å². The fraction of sp³-hybridized carbons (Fsp3) is 0.900. The molecule has 0 saturated carbocycles. The molecule has 0 spiro atoms. The lowest BCUT2D eigenvalue weighted by molar-refractivity contribution is -0.0687. The van der Waals surface area contributed by atoms with Gasteiger partial charge >= 0.3 is 15.6 Å². The van der Waals surface area contributed by atoms with Gasteiger partial charge in [0.15, 0.2) is 16.6 Å². The molecule has 2 atom stereocenters. The van der Waals surface area contributed by atoms with Crippen LogP contribution in [0.2, 0.25) is 36.3 Å². The molecule has 1 aliphatic rings. The van der Waals surface area contributed by atoms with Crippen molar-refractivity contribution >= 4 is 26.8 Å². The van der Waals surface area contributed by atoms with Crippen LogP contribution in [0.4, 0.5) is 13.2 Å². The van der Waals surface area contributed by atoms with E-state index in [1.54, 1.807) is 6.92 Å². The van der Waals surface area contributed by atoms with Gasteiger partial charge in [0.25, 0.3) is 0 Å². The summed E-state index contributed by atoms with van der Waals surface area (Å²) < 4.78 is 84.9. The summed E-state index contributed by atoms with van der Waals surface area (Å²) in [5.41, 5.74) is -6.71. The molecule has 32 heavy (non-hydrogen) atoms. The van der Waals surface area contributed by atoms with Crippen molar-refractivity contribution in [1.29, 1.82) is 0 Å². The highest BCUT2D eigenvalue weighted by molar-refractivity contribution is 7.87. The minimum Gasteiger partial charge on any atom is -0.414 e. The van der Waals surface area contributed by atoms with E-state index in [9.17, 15) is 21.6 Å². The van der Waals surface area contributed by atoms with Crippen molar-refractivity contribution in [2.24, 2.45) is 0 Å². The highest BCUT2D eigenvalue weighted by Gasteiger charge is 2.52. The SMILES string of the molecule is CC(C)(C)[Si](C)(C)OC[C@H]1O[C@@](C)(CO[Si](C)(C)C(C)(C)C)C=C1OS(=O)(=O)C(F)(F)F. The van der Waals surface area contributed by atoms with Gasteiger partial charge in [0, 0.05) is 0 Å². The monoisotopic (exact) mass is 520 g/mol. The van der Waals surface area contributed by atoms with Gasteiger partial charge in [-0.1, -0.05) is 41.5 Å². The molecule has 1 aliphatic heterocycles. The van der Waals surface area contributed by atoms with Crippen molar-refractivity contribution in [3.8, 4) is 0 Å².